The Morgan fingerprint density at radius 2 is 1.97 bits per heavy atom. The van der Waals surface area contributed by atoms with E-state index < -0.39 is 0 Å². The van der Waals surface area contributed by atoms with Gasteiger partial charge in [-0.25, -0.2) is 9.97 Å². The van der Waals surface area contributed by atoms with Crippen molar-refractivity contribution in [3.63, 3.8) is 0 Å². The van der Waals surface area contributed by atoms with Crippen molar-refractivity contribution in [3.8, 4) is 11.4 Å². The number of aromatic amines is 1. The maximum atomic E-state index is 12.0. The highest BCUT2D eigenvalue weighted by Crippen LogP contribution is 2.21. The predicted octanol–water partition coefficient (Wildman–Crippen LogP) is 4.29. The first-order valence-electron chi connectivity index (χ1n) is 11.1. The number of aryl methyl sites for hydroxylation is 1. The fourth-order valence-electron chi connectivity index (χ4n) is 4.16. The van der Waals surface area contributed by atoms with E-state index in [0.29, 0.717) is 11.4 Å². The molecule has 1 fully saturated rings. The third-order valence-electron chi connectivity index (χ3n) is 6.15. The molecule has 0 amide bonds. The topological polar surface area (TPSA) is 73.9 Å². The molecule has 1 aliphatic heterocycles. The summed E-state index contributed by atoms with van der Waals surface area (Å²) >= 11 is 0. The minimum atomic E-state index is -0.107. The Hall–Kier alpha value is -2.99. The second-order valence-electron chi connectivity index (χ2n) is 8.66. The summed E-state index contributed by atoms with van der Waals surface area (Å²) in [6, 6.07) is 12.5. The number of rotatable bonds is 6. The van der Waals surface area contributed by atoms with Gasteiger partial charge >= 0.3 is 0 Å². The van der Waals surface area contributed by atoms with Crippen LogP contribution < -0.4 is 10.9 Å². The van der Waals surface area contributed by atoms with Gasteiger partial charge in [-0.2, -0.15) is 0 Å². The molecule has 1 saturated heterocycles. The summed E-state index contributed by atoms with van der Waals surface area (Å²) in [7, 11) is 0. The van der Waals surface area contributed by atoms with Gasteiger partial charge in [-0.3, -0.25) is 9.69 Å². The van der Waals surface area contributed by atoms with E-state index in [1.165, 1.54) is 37.1 Å². The van der Waals surface area contributed by atoms with E-state index in [1.807, 2.05) is 19.1 Å². The number of nitrogens with zero attached hydrogens (tertiary/aromatic N) is 3. The molecule has 4 rings (SSSR count). The Balaban J connectivity index is 1.42. The summed E-state index contributed by atoms with van der Waals surface area (Å²) in [4.78, 5) is 26.4. The summed E-state index contributed by atoms with van der Waals surface area (Å²) in [6.45, 7) is 10.1. The SMILES string of the molecule is Cc1nc(-c2ccc(NCc3ccccc3CN3CCCC(C)C3)nc2)[nH]c(=O)c1C. The number of hydrogen-bond donors (Lipinski definition) is 2. The molecule has 6 nitrogen and oxygen atoms in total. The average molecular weight is 418 g/mol. The first-order chi connectivity index (χ1) is 15.0. The maximum Gasteiger partial charge on any atom is 0.254 e. The standard InChI is InChI=1S/C25H31N5O/c1-17-7-6-12-30(15-17)16-22-9-5-4-8-20(22)13-26-23-11-10-21(14-27-23)24-28-19(3)18(2)25(31)29-24/h4-5,8-11,14,17H,6-7,12-13,15-16H2,1-3H3,(H,26,27)(H,28,29,31). The monoisotopic (exact) mass is 417 g/mol. The van der Waals surface area contributed by atoms with Crippen molar-refractivity contribution < 1.29 is 0 Å². The molecule has 1 unspecified atom stereocenters. The number of benzene rings is 1. The molecular weight excluding hydrogens is 386 g/mol. The molecule has 31 heavy (non-hydrogen) atoms. The fraction of sp³-hybridized carbons (Fsp3) is 0.400. The van der Waals surface area contributed by atoms with E-state index in [0.717, 1.165) is 36.1 Å². The third kappa shape index (κ3) is 5.20. The summed E-state index contributed by atoms with van der Waals surface area (Å²) in [6.07, 6.45) is 4.38. The molecule has 0 spiro atoms. The molecule has 0 bridgehead atoms. The molecule has 0 radical (unpaired) electrons. The average Bonchev–Trinajstić information content (AvgIpc) is 2.77. The van der Waals surface area contributed by atoms with E-state index in [4.69, 9.17) is 0 Å². The van der Waals surface area contributed by atoms with Crippen LogP contribution in [0, 0.1) is 19.8 Å². The second kappa shape index (κ2) is 9.43. The van der Waals surface area contributed by atoms with E-state index in [9.17, 15) is 4.79 Å². The van der Waals surface area contributed by atoms with Gasteiger partial charge in [0.2, 0.25) is 0 Å². The van der Waals surface area contributed by atoms with Crippen molar-refractivity contribution in [2.24, 2.45) is 5.92 Å². The molecule has 3 aromatic rings. The minimum Gasteiger partial charge on any atom is -0.366 e. The largest absolute Gasteiger partial charge is 0.366 e. The van der Waals surface area contributed by atoms with Crippen LogP contribution in [0.3, 0.4) is 0 Å². The Morgan fingerprint density at radius 3 is 2.68 bits per heavy atom. The second-order valence-corrected chi connectivity index (χ2v) is 8.66. The van der Waals surface area contributed by atoms with E-state index in [1.54, 1.807) is 13.1 Å². The summed E-state index contributed by atoms with van der Waals surface area (Å²) in [5.74, 6) is 2.13. The van der Waals surface area contributed by atoms with Crippen LogP contribution in [0.15, 0.2) is 47.4 Å². The molecule has 2 N–H and O–H groups in total. The number of aromatic nitrogens is 3. The lowest BCUT2D eigenvalue weighted by atomic mass is 9.99. The van der Waals surface area contributed by atoms with Gasteiger partial charge in [0.15, 0.2) is 0 Å². The Labute approximate surface area is 183 Å². The van der Waals surface area contributed by atoms with Crippen molar-refractivity contribution >= 4 is 5.82 Å². The van der Waals surface area contributed by atoms with Gasteiger partial charge in [-0.05, 0) is 62.4 Å². The van der Waals surface area contributed by atoms with Gasteiger partial charge in [-0.1, -0.05) is 31.2 Å². The predicted molar refractivity (Wildman–Crippen MR) is 125 cm³/mol. The lowest BCUT2D eigenvalue weighted by Crippen LogP contribution is -2.34. The number of pyridine rings is 1. The first kappa shape index (κ1) is 21.2. The Morgan fingerprint density at radius 1 is 1.16 bits per heavy atom. The zero-order valence-electron chi connectivity index (χ0n) is 18.6. The third-order valence-corrected chi connectivity index (χ3v) is 6.15. The van der Waals surface area contributed by atoms with E-state index in [2.05, 4.69) is 56.4 Å². The Kier molecular flexibility index (Phi) is 6.47. The van der Waals surface area contributed by atoms with Crippen LogP contribution in [0.4, 0.5) is 5.82 Å². The quantitative estimate of drug-likeness (QED) is 0.626. The van der Waals surface area contributed by atoms with Gasteiger partial charge in [0.1, 0.15) is 11.6 Å². The summed E-state index contributed by atoms with van der Waals surface area (Å²) in [5.41, 5.74) is 4.74. The van der Waals surface area contributed by atoms with Crippen molar-refractivity contribution in [1.29, 1.82) is 0 Å². The van der Waals surface area contributed by atoms with Crippen LogP contribution in [-0.4, -0.2) is 32.9 Å². The maximum absolute atomic E-state index is 12.0. The first-order valence-corrected chi connectivity index (χ1v) is 11.1. The lowest BCUT2D eigenvalue weighted by molar-refractivity contribution is 0.176. The van der Waals surface area contributed by atoms with Crippen LogP contribution in [0.25, 0.3) is 11.4 Å². The molecule has 1 aromatic carbocycles. The van der Waals surface area contributed by atoms with Gasteiger partial charge in [0.25, 0.3) is 5.56 Å². The summed E-state index contributed by atoms with van der Waals surface area (Å²) in [5, 5.41) is 3.44. The van der Waals surface area contributed by atoms with E-state index in [-0.39, 0.29) is 5.56 Å². The number of hydrogen-bond acceptors (Lipinski definition) is 5. The van der Waals surface area contributed by atoms with Gasteiger partial charge in [-0.15, -0.1) is 0 Å². The minimum absolute atomic E-state index is 0.107. The highest BCUT2D eigenvalue weighted by atomic mass is 16.1. The van der Waals surface area contributed by atoms with Crippen molar-refractivity contribution in [3.05, 3.63) is 75.3 Å². The zero-order valence-corrected chi connectivity index (χ0v) is 18.6. The number of piperidine rings is 1. The van der Waals surface area contributed by atoms with Gasteiger partial charge in [0.05, 0.1) is 0 Å². The van der Waals surface area contributed by atoms with Crippen LogP contribution in [0.5, 0.6) is 0 Å². The molecule has 3 heterocycles. The van der Waals surface area contributed by atoms with Gasteiger partial charge < -0.3 is 10.3 Å². The smallest absolute Gasteiger partial charge is 0.254 e. The number of anilines is 1. The van der Waals surface area contributed by atoms with Crippen LogP contribution in [-0.2, 0) is 13.1 Å². The number of nitrogens with one attached hydrogen (secondary N) is 2. The summed E-state index contributed by atoms with van der Waals surface area (Å²) < 4.78 is 0. The zero-order chi connectivity index (χ0) is 21.8. The van der Waals surface area contributed by atoms with Crippen molar-refractivity contribution in [2.45, 2.75) is 46.7 Å². The van der Waals surface area contributed by atoms with Crippen LogP contribution in [0.2, 0.25) is 0 Å². The molecule has 0 saturated carbocycles. The van der Waals surface area contributed by atoms with Crippen LogP contribution >= 0.6 is 0 Å². The Bertz CT molecular complexity index is 1090. The van der Waals surface area contributed by atoms with Crippen LogP contribution in [0.1, 0.15) is 42.1 Å². The van der Waals surface area contributed by atoms with Gasteiger partial charge in [0, 0.05) is 42.7 Å². The molecule has 162 valence electrons. The molecule has 6 heteroatoms. The number of H-pyrrole nitrogens is 1. The lowest BCUT2D eigenvalue weighted by Gasteiger charge is -2.31. The van der Waals surface area contributed by atoms with E-state index >= 15 is 0 Å². The molecule has 0 aliphatic carbocycles. The van der Waals surface area contributed by atoms with Crippen molar-refractivity contribution in [1.82, 2.24) is 19.9 Å². The normalized spacial score (nSPS) is 16.9. The highest BCUT2D eigenvalue weighted by molar-refractivity contribution is 5.56. The highest BCUT2D eigenvalue weighted by Gasteiger charge is 2.17. The molecule has 2 aromatic heterocycles. The molecular formula is C25H31N5O. The number of likely N-dealkylation sites (tertiary alicyclic amines) is 1. The molecule has 1 atom stereocenters. The fourth-order valence-corrected chi connectivity index (χ4v) is 4.16. The van der Waals surface area contributed by atoms with Crippen molar-refractivity contribution in [2.75, 3.05) is 18.4 Å². The molecule has 1 aliphatic rings.